The zero-order valence-corrected chi connectivity index (χ0v) is 12.5. The largest absolute Gasteiger partial charge is 0.281 e. The van der Waals surface area contributed by atoms with E-state index in [4.69, 9.17) is 14.4 Å². The maximum Gasteiger partial charge on any atom is 0.281 e. The third kappa shape index (κ3) is 4.55. The van der Waals surface area contributed by atoms with Crippen LogP contribution >= 0.6 is 0 Å². The number of hydrogen-bond donors (Lipinski definition) is 0. The maximum absolute atomic E-state index is 7.50. The third-order valence-electron chi connectivity index (χ3n) is 2.97. The van der Waals surface area contributed by atoms with Gasteiger partial charge in [-0.3, -0.25) is 14.4 Å². The van der Waals surface area contributed by atoms with Crippen LogP contribution in [-0.2, 0) is 30.4 Å². The summed E-state index contributed by atoms with van der Waals surface area (Å²) in [6.45, 7) is 18.0. The zero-order chi connectivity index (χ0) is 16.1. The number of allylic oxidation sites excluding steroid dienone is 2. The summed E-state index contributed by atoms with van der Waals surface area (Å²) < 4.78 is 0. The molecule has 1 aromatic rings. The molecule has 1 unspecified atom stereocenters. The first kappa shape index (κ1) is 20.8. The molecule has 20 heavy (non-hydrogen) atoms. The van der Waals surface area contributed by atoms with Gasteiger partial charge in [0.2, 0.25) is 0 Å². The Labute approximate surface area is 129 Å². The van der Waals surface area contributed by atoms with Crippen molar-refractivity contribution in [3.05, 3.63) is 41.0 Å². The quantitative estimate of drug-likeness (QED) is 0.789. The molecule has 1 aliphatic rings. The normalized spacial score (nSPS) is 14.7. The van der Waals surface area contributed by atoms with Gasteiger partial charge in [-0.05, 0) is 0 Å². The molecule has 3 nitrogen and oxygen atoms in total. The predicted molar refractivity (Wildman–Crippen MR) is 73.8 cm³/mol. The van der Waals surface area contributed by atoms with Crippen LogP contribution in [0.15, 0.2) is 29.8 Å². The molecule has 1 aliphatic carbocycles. The molecule has 0 amide bonds. The topological polar surface area (TPSA) is 51.2 Å². The number of benzene rings is 1. The summed E-state index contributed by atoms with van der Waals surface area (Å²) in [4.78, 5) is 22.9. The third-order valence-corrected chi connectivity index (χ3v) is 3.70. The fraction of sp³-hybridized carbons (Fsp3) is 0.312. The van der Waals surface area contributed by atoms with Crippen molar-refractivity contribution in [1.29, 1.82) is 0 Å². The van der Waals surface area contributed by atoms with E-state index in [-0.39, 0.29) is 0 Å². The number of hydrogen-bond acceptors (Lipinski definition) is 3. The summed E-state index contributed by atoms with van der Waals surface area (Å²) in [5.41, 5.74) is 5.92. The molecule has 0 saturated carbocycles. The Kier molecular flexibility index (Phi) is 13.0. The number of rotatable bonds is 2. The van der Waals surface area contributed by atoms with E-state index in [1.165, 1.54) is 22.3 Å². The van der Waals surface area contributed by atoms with Crippen LogP contribution in [0.5, 0.6) is 0 Å². The van der Waals surface area contributed by atoms with E-state index in [1.54, 1.807) is 0 Å². The molecular weight excluding hydrogens is 296 g/mol. The summed E-state index contributed by atoms with van der Waals surface area (Å²) in [7, 11) is 0. The van der Waals surface area contributed by atoms with Crippen LogP contribution in [0.1, 0.15) is 42.6 Å². The van der Waals surface area contributed by atoms with Gasteiger partial charge in [0.25, 0.3) is 20.4 Å². The van der Waals surface area contributed by atoms with Gasteiger partial charge in [0.15, 0.2) is 0 Å². The van der Waals surface area contributed by atoms with Crippen molar-refractivity contribution in [2.45, 2.75) is 31.5 Å². The number of fused-ring (bicyclic) bond motifs is 1. The first-order valence-corrected chi connectivity index (χ1v) is 6.48. The standard InChI is InChI=1S/C13H15.3CO.Fe/c1-3-10-9-11-7-5-6-8-13(11)12(10)4-2;3*1-2;/h5-9H,3-4H2,1-2H3;;;;. The van der Waals surface area contributed by atoms with Gasteiger partial charge < -0.3 is 0 Å². The molecule has 2 rings (SSSR count). The molecule has 1 aromatic carbocycles. The molecule has 0 heterocycles. The Morgan fingerprint density at radius 1 is 0.950 bits per heavy atom. The monoisotopic (exact) mass is 311 g/mol. The predicted octanol–water partition coefficient (Wildman–Crippen LogP) is 2.67. The second-order valence-corrected chi connectivity index (χ2v) is 4.28. The number of carbonyl (C=O) groups excluding carboxylic acids is 3. The van der Waals surface area contributed by atoms with Crippen molar-refractivity contribution < 1.29 is 30.4 Å². The molecule has 1 atom stereocenters. The second-order valence-electron chi connectivity index (χ2n) is 3.65. The molecule has 0 aromatic heterocycles. The van der Waals surface area contributed by atoms with Gasteiger partial charge >= 0.3 is 94.1 Å². The summed E-state index contributed by atoms with van der Waals surface area (Å²) in [6.07, 6.45) is 2.26. The van der Waals surface area contributed by atoms with Crippen LogP contribution in [0.4, 0.5) is 0 Å². The van der Waals surface area contributed by atoms with Crippen LogP contribution in [0, 0.1) is 0 Å². The van der Waals surface area contributed by atoms with Crippen molar-refractivity contribution in [3.63, 3.8) is 0 Å². The van der Waals surface area contributed by atoms with Crippen LogP contribution in [0.25, 0.3) is 5.57 Å². The SMILES string of the molecule is CCC1=C(CC)[CH]([Fe])c2ccccc21.[C]=O.[C]=O.[C]=O. The van der Waals surface area contributed by atoms with Crippen molar-refractivity contribution in [3.8, 4) is 0 Å². The van der Waals surface area contributed by atoms with Gasteiger partial charge in [-0.2, -0.15) is 0 Å². The van der Waals surface area contributed by atoms with Gasteiger partial charge in [0.1, 0.15) is 0 Å². The summed E-state index contributed by atoms with van der Waals surface area (Å²) >= 11 is 4.27. The van der Waals surface area contributed by atoms with Gasteiger partial charge in [-0.1, -0.05) is 0 Å². The second kappa shape index (κ2) is 12.5. The fourth-order valence-electron chi connectivity index (χ4n) is 2.30. The molecule has 0 saturated heterocycles. The minimum Gasteiger partial charge on any atom is -0.281 e. The smallest absolute Gasteiger partial charge is 0.281 e. The van der Waals surface area contributed by atoms with E-state index < -0.39 is 0 Å². The molecule has 105 valence electrons. The minimum absolute atomic E-state index is 0.395. The van der Waals surface area contributed by atoms with Gasteiger partial charge in [-0.15, -0.1) is 0 Å². The van der Waals surface area contributed by atoms with Crippen molar-refractivity contribution >= 4 is 25.9 Å². The Morgan fingerprint density at radius 2 is 1.45 bits per heavy atom. The van der Waals surface area contributed by atoms with Gasteiger partial charge in [0.05, 0.1) is 0 Å². The van der Waals surface area contributed by atoms with Crippen LogP contribution in [0.2, 0.25) is 0 Å². The zero-order valence-electron chi connectivity index (χ0n) is 11.4. The molecule has 4 heteroatoms. The van der Waals surface area contributed by atoms with Gasteiger partial charge in [0, 0.05) is 0 Å². The van der Waals surface area contributed by atoms with Crippen molar-refractivity contribution in [1.82, 2.24) is 0 Å². The van der Waals surface area contributed by atoms with Crippen LogP contribution in [-0.4, -0.2) is 20.4 Å². The van der Waals surface area contributed by atoms with E-state index in [2.05, 4.69) is 74.5 Å². The first-order valence-electron chi connectivity index (χ1n) is 5.84. The van der Waals surface area contributed by atoms with Crippen molar-refractivity contribution in [2.75, 3.05) is 0 Å². The van der Waals surface area contributed by atoms with Crippen LogP contribution < -0.4 is 0 Å². The van der Waals surface area contributed by atoms with E-state index in [0.717, 1.165) is 12.8 Å². The molecule has 0 fully saturated rings. The average Bonchev–Trinajstić information content (AvgIpc) is 2.85. The Balaban J connectivity index is 0. The summed E-state index contributed by atoms with van der Waals surface area (Å²) in [6, 6.07) is 8.68. The average molecular weight is 311 g/mol. The van der Waals surface area contributed by atoms with Gasteiger partial charge in [-0.25, -0.2) is 0 Å². The fourth-order valence-corrected chi connectivity index (χ4v) is 3.00. The molecule has 0 N–H and O–H groups in total. The van der Waals surface area contributed by atoms with Crippen LogP contribution in [0.3, 0.4) is 0 Å². The van der Waals surface area contributed by atoms with E-state index >= 15 is 0 Å². The Hall–Kier alpha value is -1.51. The summed E-state index contributed by atoms with van der Waals surface area (Å²) in [5.74, 6) is 0. The molecular formula is C16H15FeO3. The van der Waals surface area contributed by atoms with E-state index in [1.807, 2.05) is 0 Å². The molecule has 6 radical (unpaired) electrons. The minimum atomic E-state index is 0.395. The molecule has 0 aliphatic heterocycles. The first-order chi connectivity index (χ1) is 9.79. The molecule has 0 spiro atoms. The van der Waals surface area contributed by atoms with E-state index in [9.17, 15) is 0 Å². The summed E-state index contributed by atoms with van der Waals surface area (Å²) in [5, 5.41) is 0. The Bertz CT molecular complexity index is 425. The molecule has 0 bridgehead atoms. The maximum atomic E-state index is 7.50. The Morgan fingerprint density at radius 3 is 1.90 bits per heavy atom. The van der Waals surface area contributed by atoms with E-state index in [0.29, 0.717) is 4.82 Å². The van der Waals surface area contributed by atoms with Crippen molar-refractivity contribution in [2.24, 2.45) is 0 Å².